The summed E-state index contributed by atoms with van der Waals surface area (Å²) >= 11 is 0. The molecule has 2 aromatic rings. The van der Waals surface area contributed by atoms with Crippen molar-refractivity contribution in [2.75, 3.05) is 5.32 Å². The first-order valence-corrected chi connectivity index (χ1v) is 9.48. The third-order valence-corrected chi connectivity index (χ3v) is 5.21. The molecule has 1 aromatic carbocycles. The van der Waals surface area contributed by atoms with E-state index < -0.39 is 0 Å². The Morgan fingerprint density at radius 1 is 1.00 bits per heavy atom. The first-order valence-electron chi connectivity index (χ1n) is 9.48. The van der Waals surface area contributed by atoms with Crippen molar-refractivity contribution in [2.45, 2.75) is 84.1 Å². The van der Waals surface area contributed by atoms with Crippen LogP contribution in [0.4, 0.5) is 10.1 Å². The van der Waals surface area contributed by atoms with Gasteiger partial charge in [0.15, 0.2) is 5.82 Å². The van der Waals surface area contributed by atoms with Crippen molar-refractivity contribution in [3.05, 3.63) is 35.3 Å². The van der Waals surface area contributed by atoms with Crippen molar-refractivity contribution < 1.29 is 4.39 Å². The number of nitrogens with one attached hydrogen (secondary N) is 1. The largest absolute Gasteiger partial charge is 0.380 e. The van der Waals surface area contributed by atoms with Gasteiger partial charge < -0.3 is 5.32 Å². The van der Waals surface area contributed by atoms with E-state index in [1.54, 1.807) is 0 Å². The van der Waals surface area contributed by atoms with Crippen LogP contribution in [0.2, 0.25) is 0 Å². The lowest BCUT2D eigenvalue weighted by Crippen LogP contribution is -2.20. The molecule has 0 spiro atoms. The lowest BCUT2D eigenvalue weighted by Gasteiger charge is -2.26. The van der Waals surface area contributed by atoms with Gasteiger partial charge in [0.25, 0.3) is 0 Å². The second-order valence-electron chi connectivity index (χ2n) is 9.50. The van der Waals surface area contributed by atoms with E-state index in [-0.39, 0.29) is 16.6 Å². The highest BCUT2D eigenvalue weighted by atomic mass is 19.1. The van der Waals surface area contributed by atoms with Crippen LogP contribution in [0.3, 0.4) is 0 Å². The number of nitrogens with zero attached hydrogens (tertiary/aromatic N) is 1. The summed E-state index contributed by atoms with van der Waals surface area (Å²) in [6, 6.07) is 6.48. The van der Waals surface area contributed by atoms with Gasteiger partial charge in [0, 0.05) is 22.5 Å². The summed E-state index contributed by atoms with van der Waals surface area (Å²) in [6.45, 7) is 12.9. The zero-order chi connectivity index (χ0) is 18.4. The Balaban J connectivity index is 2.18. The van der Waals surface area contributed by atoms with Crippen LogP contribution in [0.5, 0.6) is 0 Å². The maximum Gasteiger partial charge on any atom is 0.172 e. The van der Waals surface area contributed by atoms with E-state index in [9.17, 15) is 0 Å². The lowest BCUT2D eigenvalue weighted by atomic mass is 9.81. The van der Waals surface area contributed by atoms with Gasteiger partial charge in [-0.3, -0.25) is 0 Å². The maximum absolute atomic E-state index is 15.3. The maximum atomic E-state index is 15.3. The Kier molecular flexibility index (Phi) is 4.55. The zero-order valence-corrected chi connectivity index (χ0v) is 16.5. The molecule has 1 N–H and O–H groups in total. The Hall–Kier alpha value is -1.64. The molecule has 0 radical (unpaired) electrons. The van der Waals surface area contributed by atoms with Crippen molar-refractivity contribution in [3.63, 3.8) is 0 Å². The van der Waals surface area contributed by atoms with E-state index in [1.165, 1.54) is 12.8 Å². The van der Waals surface area contributed by atoms with Crippen LogP contribution >= 0.6 is 0 Å². The van der Waals surface area contributed by atoms with Gasteiger partial charge >= 0.3 is 0 Å². The summed E-state index contributed by atoms with van der Waals surface area (Å²) in [7, 11) is 0. The van der Waals surface area contributed by atoms with Crippen molar-refractivity contribution in [2.24, 2.45) is 0 Å². The minimum Gasteiger partial charge on any atom is -0.380 e. The number of hydrogen-bond acceptors (Lipinski definition) is 2. The molecule has 0 amide bonds. The topological polar surface area (TPSA) is 24.9 Å². The summed E-state index contributed by atoms with van der Waals surface area (Å²) in [5.41, 5.74) is 3.03. The first kappa shape index (κ1) is 18.2. The van der Waals surface area contributed by atoms with Crippen molar-refractivity contribution in [3.8, 4) is 0 Å². The first-order chi connectivity index (χ1) is 11.6. The second kappa shape index (κ2) is 6.26. The van der Waals surface area contributed by atoms with Crippen LogP contribution in [0, 0.1) is 5.82 Å². The van der Waals surface area contributed by atoms with E-state index in [0.717, 1.165) is 29.5 Å². The molecule has 25 heavy (non-hydrogen) atoms. The molecular formula is C22H31FN2. The standard InChI is InChI=1S/C22H31FN2/c1-21(2,3)16-13-18(22(4,5)6)25-20-15(16)11-12-17(19(20)23)24-14-9-7-8-10-14/h11-14,24H,7-10H2,1-6H3. The third-order valence-electron chi connectivity index (χ3n) is 5.21. The Morgan fingerprint density at radius 3 is 2.20 bits per heavy atom. The second-order valence-corrected chi connectivity index (χ2v) is 9.50. The number of aromatic nitrogens is 1. The Labute approximate surface area is 151 Å². The van der Waals surface area contributed by atoms with Crippen LogP contribution in [-0.2, 0) is 10.8 Å². The average molecular weight is 343 g/mol. The molecular weight excluding hydrogens is 311 g/mol. The van der Waals surface area contributed by atoms with Crippen LogP contribution in [0.15, 0.2) is 18.2 Å². The number of halogens is 1. The molecule has 0 atom stereocenters. The molecule has 2 nitrogen and oxygen atoms in total. The monoisotopic (exact) mass is 342 g/mol. The number of hydrogen-bond donors (Lipinski definition) is 1. The van der Waals surface area contributed by atoms with Gasteiger partial charge in [0.05, 0.1) is 5.69 Å². The Morgan fingerprint density at radius 2 is 1.64 bits per heavy atom. The number of fused-ring (bicyclic) bond motifs is 1. The third kappa shape index (κ3) is 3.65. The highest BCUT2D eigenvalue weighted by Crippen LogP contribution is 2.36. The van der Waals surface area contributed by atoms with Gasteiger partial charge in [0.1, 0.15) is 5.52 Å². The molecule has 0 saturated heterocycles. The molecule has 0 unspecified atom stereocenters. The van der Waals surface area contributed by atoms with E-state index >= 15 is 4.39 Å². The van der Waals surface area contributed by atoms with E-state index in [1.807, 2.05) is 12.1 Å². The normalized spacial score (nSPS) is 16.6. The number of benzene rings is 1. The molecule has 0 bridgehead atoms. The number of anilines is 1. The van der Waals surface area contributed by atoms with E-state index in [2.05, 4.69) is 52.9 Å². The van der Waals surface area contributed by atoms with Crippen LogP contribution in [0.1, 0.15) is 78.5 Å². The van der Waals surface area contributed by atoms with Crippen molar-refractivity contribution in [1.29, 1.82) is 0 Å². The average Bonchev–Trinajstić information content (AvgIpc) is 3.00. The number of pyridine rings is 1. The van der Waals surface area contributed by atoms with E-state index in [4.69, 9.17) is 4.98 Å². The van der Waals surface area contributed by atoms with E-state index in [0.29, 0.717) is 17.2 Å². The Bertz CT molecular complexity index is 775. The smallest absolute Gasteiger partial charge is 0.172 e. The van der Waals surface area contributed by atoms with Crippen LogP contribution in [-0.4, -0.2) is 11.0 Å². The molecule has 0 aliphatic heterocycles. The molecule has 1 saturated carbocycles. The van der Waals surface area contributed by atoms with Gasteiger partial charge in [-0.05, 0) is 36.0 Å². The summed E-state index contributed by atoms with van der Waals surface area (Å²) < 4.78 is 15.3. The minimum atomic E-state index is -0.207. The molecule has 1 heterocycles. The molecule has 1 aliphatic carbocycles. The van der Waals surface area contributed by atoms with Gasteiger partial charge in [-0.2, -0.15) is 0 Å². The fourth-order valence-corrected chi connectivity index (χ4v) is 3.66. The summed E-state index contributed by atoms with van der Waals surface area (Å²) in [6.07, 6.45) is 4.71. The molecule has 1 fully saturated rings. The van der Waals surface area contributed by atoms with Gasteiger partial charge in [0.2, 0.25) is 0 Å². The fraction of sp³-hybridized carbons (Fsp3) is 0.591. The lowest BCUT2D eigenvalue weighted by molar-refractivity contribution is 0.555. The summed E-state index contributed by atoms with van der Waals surface area (Å²) in [5.74, 6) is -0.207. The van der Waals surface area contributed by atoms with Crippen LogP contribution in [0.25, 0.3) is 10.9 Å². The highest BCUT2D eigenvalue weighted by molar-refractivity contribution is 5.87. The molecule has 1 aliphatic rings. The van der Waals surface area contributed by atoms with Crippen molar-refractivity contribution in [1.82, 2.24) is 4.98 Å². The minimum absolute atomic E-state index is 0.0615. The molecule has 1 aromatic heterocycles. The predicted octanol–water partition coefficient (Wildman–Crippen LogP) is 6.32. The highest BCUT2D eigenvalue weighted by Gasteiger charge is 2.25. The van der Waals surface area contributed by atoms with Gasteiger partial charge in [-0.1, -0.05) is 60.5 Å². The van der Waals surface area contributed by atoms with Gasteiger partial charge in [-0.15, -0.1) is 0 Å². The number of rotatable bonds is 2. The summed E-state index contributed by atoms with van der Waals surface area (Å²) in [4.78, 5) is 4.74. The fourth-order valence-electron chi connectivity index (χ4n) is 3.66. The molecule has 136 valence electrons. The van der Waals surface area contributed by atoms with Crippen LogP contribution < -0.4 is 5.32 Å². The summed E-state index contributed by atoms with van der Waals surface area (Å²) in [5, 5.41) is 4.33. The SMILES string of the molecule is CC(C)(C)c1cc(C(C)(C)C)c2ccc(NC3CCCC3)c(F)c2n1. The predicted molar refractivity (Wildman–Crippen MR) is 105 cm³/mol. The molecule has 3 rings (SSSR count). The zero-order valence-electron chi connectivity index (χ0n) is 16.5. The van der Waals surface area contributed by atoms with Crippen molar-refractivity contribution >= 4 is 16.6 Å². The molecule has 3 heteroatoms. The quantitative estimate of drug-likeness (QED) is 0.690. The van der Waals surface area contributed by atoms with Gasteiger partial charge in [-0.25, -0.2) is 9.37 Å².